The predicted molar refractivity (Wildman–Crippen MR) is 54.8 cm³/mol. The van der Waals surface area contributed by atoms with Crippen molar-refractivity contribution in [2.75, 3.05) is 13.1 Å². The Morgan fingerprint density at radius 3 is 2.50 bits per heavy atom. The summed E-state index contributed by atoms with van der Waals surface area (Å²) in [5.74, 6) is 0.0397. The normalized spacial score (nSPS) is 27.5. The van der Waals surface area contributed by atoms with Gasteiger partial charge in [0.1, 0.15) is 5.41 Å². The summed E-state index contributed by atoms with van der Waals surface area (Å²) < 4.78 is 0. The van der Waals surface area contributed by atoms with Gasteiger partial charge in [0, 0.05) is 19.0 Å². The molecule has 0 bridgehead atoms. The molecule has 1 fully saturated rings. The highest BCUT2D eigenvalue weighted by Crippen LogP contribution is 2.34. The van der Waals surface area contributed by atoms with Crippen molar-refractivity contribution in [2.24, 2.45) is 11.3 Å². The number of likely N-dealkylation sites (tertiary alicyclic amines) is 1. The Bertz CT molecular complexity index is 260. The molecule has 0 aromatic rings. The van der Waals surface area contributed by atoms with Gasteiger partial charge in [-0.25, -0.2) is 0 Å². The minimum atomic E-state index is -0.746. The van der Waals surface area contributed by atoms with Crippen LogP contribution in [0.5, 0.6) is 0 Å². The predicted octanol–water partition coefficient (Wildman–Crippen LogP) is 1.47. The van der Waals surface area contributed by atoms with E-state index in [1.54, 1.807) is 11.8 Å². The summed E-state index contributed by atoms with van der Waals surface area (Å²) in [4.78, 5) is 25.6. The van der Waals surface area contributed by atoms with E-state index in [0.717, 1.165) is 6.54 Å². The Hall–Kier alpha value is -0.860. The highest BCUT2D eigenvalue weighted by Gasteiger charge is 2.48. The SMILES string of the molecule is CCN1CCC(C)(C(=O)C(C)C)C1=O. The second kappa shape index (κ2) is 3.71. The third-order valence-corrected chi connectivity index (χ3v) is 3.09. The number of nitrogens with zero attached hydrogens (tertiary/aromatic N) is 1. The third kappa shape index (κ3) is 1.56. The number of ketones is 1. The van der Waals surface area contributed by atoms with Gasteiger partial charge in [0.15, 0.2) is 5.78 Å². The van der Waals surface area contributed by atoms with Crippen molar-refractivity contribution in [3.63, 3.8) is 0 Å². The lowest BCUT2D eigenvalue weighted by molar-refractivity contribution is -0.144. The van der Waals surface area contributed by atoms with Gasteiger partial charge >= 0.3 is 0 Å². The van der Waals surface area contributed by atoms with E-state index in [0.29, 0.717) is 13.0 Å². The highest BCUT2D eigenvalue weighted by atomic mass is 16.2. The first-order chi connectivity index (χ1) is 6.43. The van der Waals surface area contributed by atoms with E-state index >= 15 is 0 Å². The van der Waals surface area contributed by atoms with Gasteiger partial charge in [-0.1, -0.05) is 13.8 Å². The van der Waals surface area contributed by atoms with E-state index in [2.05, 4.69) is 0 Å². The van der Waals surface area contributed by atoms with Gasteiger partial charge in [-0.15, -0.1) is 0 Å². The number of rotatable bonds is 3. The largest absolute Gasteiger partial charge is 0.342 e. The Labute approximate surface area is 85.5 Å². The molecular weight excluding hydrogens is 178 g/mol. The fraction of sp³-hybridized carbons (Fsp3) is 0.818. The van der Waals surface area contributed by atoms with Crippen LogP contribution >= 0.6 is 0 Å². The molecule has 0 aromatic carbocycles. The Morgan fingerprint density at radius 2 is 2.14 bits per heavy atom. The average molecular weight is 197 g/mol. The summed E-state index contributed by atoms with van der Waals surface area (Å²) in [5.41, 5.74) is -0.746. The molecule has 0 saturated carbocycles. The summed E-state index contributed by atoms with van der Waals surface area (Å²) in [5, 5.41) is 0. The third-order valence-electron chi connectivity index (χ3n) is 3.09. The molecule has 1 unspecified atom stereocenters. The summed E-state index contributed by atoms with van der Waals surface area (Å²) in [6, 6.07) is 0. The molecule has 0 radical (unpaired) electrons. The lowest BCUT2D eigenvalue weighted by Gasteiger charge is -2.23. The zero-order chi connectivity index (χ0) is 10.9. The maximum atomic E-state index is 11.9. The fourth-order valence-electron chi connectivity index (χ4n) is 2.08. The van der Waals surface area contributed by atoms with Gasteiger partial charge in [0.2, 0.25) is 5.91 Å². The van der Waals surface area contributed by atoms with Gasteiger partial charge in [-0.3, -0.25) is 9.59 Å². The summed E-state index contributed by atoms with van der Waals surface area (Å²) in [7, 11) is 0. The van der Waals surface area contributed by atoms with E-state index in [1.165, 1.54) is 0 Å². The van der Waals surface area contributed by atoms with Crippen LogP contribution in [-0.4, -0.2) is 29.7 Å². The molecule has 3 heteroatoms. The molecule has 3 nitrogen and oxygen atoms in total. The Kier molecular flexibility index (Phi) is 2.98. The second-order valence-corrected chi connectivity index (χ2v) is 4.49. The smallest absolute Gasteiger partial charge is 0.236 e. The maximum Gasteiger partial charge on any atom is 0.236 e. The first-order valence-corrected chi connectivity index (χ1v) is 5.27. The topological polar surface area (TPSA) is 37.4 Å². The van der Waals surface area contributed by atoms with Crippen molar-refractivity contribution in [3.8, 4) is 0 Å². The van der Waals surface area contributed by atoms with E-state index in [1.807, 2.05) is 20.8 Å². The van der Waals surface area contributed by atoms with Crippen LogP contribution in [0.15, 0.2) is 0 Å². The average Bonchev–Trinajstić information content (AvgIpc) is 2.43. The molecule has 0 spiro atoms. The van der Waals surface area contributed by atoms with Gasteiger partial charge in [-0.2, -0.15) is 0 Å². The molecule has 1 rings (SSSR count). The number of Topliss-reactive ketones (excluding diaryl/α,β-unsaturated/α-hetero) is 1. The summed E-state index contributed by atoms with van der Waals surface area (Å²) in [6.45, 7) is 8.88. The highest BCUT2D eigenvalue weighted by molar-refractivity contribution is 6.07. The molecule has 0 N–H and O–H groups in total. The first-order valence-electron chi connectivity index (χ1n) is 5.27. The number of amides is 1. The second-order valence-electron chi connectivity index (χ2n) is 4.49. The van der Waals surface area contributed by atoms with Crippen LogP contribution in [-0.2, 0) is 9.59 Å². The van der Waals surface area contributed by atoms with E-state index < -0.39 is 5.41 Å². The zero-order valence-electron chi connectivity index (χ0n) is 9.46. The van der Waals surface area contributed by atoms with E-state index in [9.17, 15) is 9.59 Å². The molecular formula is C11H19NO2. The van der Waals surface area contributed by atoms with Crippen LogP contribution in [0.2, 0.25) is 0 Å². The monoisotopic (exact) mass is 197 g/mol. The van der Waals surface area contributed by atoms with Crippen LogP contribution < -0.4 is 0 Å². The molecule has 1 aliphatic rings. The van der Waals surface area contributed by atoms with Crippen molar-refractivity contribution in [1.82, 2.24) is 4.90 Å². The van der Waals surface area contributed by atoms with Crippen LogP contribution in [0, 0.1) is 11.3 Å². The van der Waals surface area contributed by atoms with Crippen molar-refractivity contribution >= 4 is 11.7 Å². The maximum absolute atomic E-state index is 11.9. The van der Waals surface area contributed by atoms with Gasteiger partial charge in [0.25, 0.3) is 0 Å². The molecule has 1 amide bonds. The van der Waals surface area contributed by atoms with E-state index in [4.69, 9.17) is 0 Å². The molecule has 80 valence electrons. The molecule has 0 aliphatic carbocycles. The van der Waals surface area contributed by atoms with Gasteiger partial charge in [-0.05, 0) is 20.3 Å². The molecule has 1 saturated heterocycles. The van der Waals surface area contributed by atoms with Crippen molar-refractivity contribution < 1.29 is 9.59 Å². The number of hydrogen-bond donors (Lipinski definition) is 0. The zero-order valence-corrected chi connectivity index (χ0v) is 9.46. The Morgan fingerprint density at radius 1 is 1.57 bits per heavy atom. The molecule has 0 aromatic heterocycles. The first kappa shape index (κ1) is 11.2. The standard InChI is InChI=1S/C11H19NO2/c1-5-12-7-6-11(4,10(12)14)9(13)8(2)3/h8H,5-7H2,1-4H3. The number of hydrogen-bond acceptors (Lipinski definition) is 2. The van der Waals surface area contributed by atoms with Crippen molar-refractivity contribution in [2.45, 2.75) is 34.1 Å². The van der Waals surface area contributed by atoms with Crippen LogP contribution in [0.4, 0.5) is 0 Å². The lowest BCUT2D eigenvalue weighted by Crippen LogP contribution is -2.40. The molecule has 1 heterocycles. The van der Waals surface area contributed by atoms with Gasteiger partial charge < -0.3 is 4.90 Å². The summed E-state index contributed by atoms with van der Waals surface area (Å²) >= 11 is 0. The lowest BCUT2D eigenvalue weighted by atomic mass is 9.79. The van der Waals surface area contributed by atoms with Crippen molar-refractivity contribution in [1.29, 1.82) is 0 Å². The Balaban J connectivity index is 2.87. The number of carbonyl (C=O) groups is 2. The minimum Gasteiger partial charge on any atom is -0.342 e. The molecule has 14 heavy (non-hydrogen) atoms. The van der Waals surface area contributed by atoms with Crippen molar-refractivity contribution in [3.05, 3.63) is 0 Å². The van der Waals surface area contributed by atoms with Crippen LogP contribution in [0.3, 0.4) is 0 Å². The molecule has 1 aliphatic heterocycles. The number of carbonyl (C=O) groups excluding carboxylic acids is 2. The van der Waals surface area contributed by atoms with Gasteiger partial charge in [0.05, 0.1) is 0 Å². The fourth-order valence-corrected chi connectivity index (χ4v) is 2.08. The van der Waals surface area contributed by atoms with Crippen LogP contribution in [0.1, 0.15) is 34.1 Å². The quantitative estimate of drug-likeness (QED) is 0.642. The molecule has 1 atom stereocenters. The van der Waals surface area contributed by atoms with Crippen LogP contribution in [0.25, 0.3) is 0 Å². The summed E-state index contributed by atoms with van der Waals surface area (Å²) in [6.07, 6.45) is 0.677. The minimum absolute atomic E-state index is 0.0127. The van der Waals surface area contributed by atoms with E-state index in [-0.39, 0.29) is 17.6 Å².